The van der Waals surface area contributed by atoms with E-state index in [0.717, 1.165) is 31.4 Å². The van der Waals surface area contributed by atoms with Gasteiger partial charge in [0.05, 0.1) is 32.5 Å². The van der Waals surface area contributed by atoms with Gasteiger partial charge in [0.2, 0.25) is 0 Å². The molecule has 0 fully saturated rings. The lowest BCUT2D eigenvalue weighted by atomic mass is 10.1. The van der Waals surface area contributed by atoms with Crippen LogP contribution in [0.3, 0.4) is 0 Å². The molecule has 1 rings (SSSR count). The second-order valence-electron chi connectivity index (χ2n) is 5.92. The SMILES string of the molecule is CCCCCCC(COCCOCCOc1ccccc1)OP(=O)(O)O. The molecule has 7 nitrogen and oxygen atoms in total. The molecule has 1 unspecified atom stereocenters. The summed E-state index contributed by atoms with van der Waals surface area (Å²) in [4.78, 5) is 18.0. The maximum Gasteiger partial charge on any atom is 0.469 e. The zero-order valence-corrected chi connectivity index (χ0v) is 16.3. The van der Waals surface area contributed by atoms with E-state index in [0.29, 0.717) is 32.8 Å². The van der Waals surface area contributed by atoms with E-state index in [4.69, 9.17) is 28.5 Å². The largest absolute Gasteiger partial charge is 0.491 e. The summed E-state index contributed by atoms with van der Waals surface area (Å²) in [5.41, 5.74) is 0. The van der Waals surface area contributed by atoms with E-state index in [9.17, 15) is 4.57 Å². The van der Waals surface area contributed by atoms with E-state index >= 15 is 0 Å². The number of hydrogen-bond acceptors (Lipinski definition) is 5. The van der Waals surface area contributed by atoms with Gasteiger partial charge >= 0.3 is 7.82 Å². The molecule has 0 bridgehead atoms. The molecule has 1 atom stereocenters. The molecule has 0 saturated carbocycles. The Morgan fingerprint density at radius 2 is 1.65 bits per heavy atom. The molecule has 1 aromatic rings. The molecule has 0 aromatic heterocycles. The molecule has 0 heterocycles. The fourth-order valence-corrected chi connectivity index (χ4v) is 2.88. The number of benzene rings is 1. The van der Waals surface area contributed by atoms with Crippen molar-refractivity contribution >= 4 is 7.82 Å². The highest BCUT2D eigenvalue weighted by Gasteiger charge is 2.22. The van der Waals surface area contributed by atoms with Crippen LogP contribution in [0.25, 0.3) is 0 Å². The van der Waals surface area contributed by atoms with Crippen LogP contribution in [0.2, 0.25) is 0 Å². The lowest BCUT2D eigenvalue weighted by Crippen LogP contribution is -2.21. The van der Waals surface area contributed by atoms with E-state index in [1.165, 1.54) is 0 Å². The molecular weight excluding hydrogens is 359 g/mol. The number of unbranched alkanes of at least 4 members (excludes halogenated alkanes) is 3. The molecule has 0 aliphatic rings. The van der Waals surface area contributed by atoms with Crippen molar-refractivity contribution in [3.63, 3.8) is 0 Å². The first-order valence-corrected chi connectivity index (χ1v) is 10.6. The number of hydrogen-bond donors (Lipinski definition) is 2. The monoisotopic (exact) mass is 390 g/mol. The maximum absolute atomic E-state index is 11.0. The van der Waals surface area contributed by atoms with Gasteiger partial charge in [-0.05, 0) is 18.6 Å². The van der Waals surface area contributed by atoms with E-state index in [1.54, 1.807) is 0 Å². The van der Waals surface area contributed by atoms with Gasteiger partial charge in [-0.25, -0.2) is 4.57 Å². The number of para-hydroxylation sites is 1. The van der Waals surface area contributed by atoms with Gasteiger partial charge in [-0.1, -0.05) is 50.8 Å². The highest BCUT2D eigenvalue weighted by Crippen LogP contribution is 2.38. The third-order valence-corrected chi connectivity index (χ3v) is 4.15. The van der Waals surface area contributed by atoms with Gasteiger partial charge in [-0.2, -0.15) is 0 Å². The van der Waals surface area contributed by atoms with Crippen molar-refractivity contribution in [1.82, 2.24) is 0 Å². The minimum atomic E-state index is -4.50. The second-order valence-corrected chi connectivity index (χ2v) is 7.11. The van der Waals surface area contributed by atoms with Crippen molar-refractivity contribution in [3.05, 3.63) is 30.3 Å². The standard InChI is InChI=1S/C18H31O7P/c1-2-3-4-6-11-18(25-26(19,20)21)16-23-13-12-22-14-15-24-17-9-7-5-8-10-17/h5,7-10,18H,2-4,6,11-16H2,1H3,(H2,19,20,21). The molecule has 26 heavy (non-hydrogen) atoms. The number of phosphoric ester groups is 1. The van der Waals surface area contributed by atoms with Crippen molar-refractivity contribution < 1.29 is 33.1 Å². The third kappa shape index (κ3) is 13.3. The van der Waals surface area contributed by atoms with Crippen LogP contribution in [0, 0.1) is 0 Å². The van der Waals surface area contributed by atoms with E-state index < -0.39 is 13.9 Å². The zero-order chi connectivity index (χ0) is 19.1. The summed E-state index contributed by atoms with van der Waals surface area (Å²) in [7, 11) is -4.50. The summed E-state index contributed by atoms with van der Waals surface area (Å²) in [6.07, 6.45) is 4.04. The normalized spacial score (nSPS) is 12.9. The maximum atomic E-state index is 11.0. The molecule has 0 aliphatic heterocycles. The van der Waals surface area contributed by atoms with Crippen molar-refractivity contribution in [2.24, 2.45) is 0 Å². The minimum absolute atomic E-state index is 0.140. The van der Waals surface area contributed by atoms with Crippen LogP contribution in [-0.2, 0) is 18.6 Å². The third-order valence-electron chi connectivity index (χ3n) is 3.58. The van der Waals surface area contributed by atoms with E-state index in [2.05, 4.69) is 6.92 Å². The van der Waals surface area contributed by atoms with Crippen LogP contribution in [0.15, 0.2) is 30.3 Å². The molecule has 0 aliphatic carbocycles. The Balaban J connectivity index is 2.08. The Hall–Kier alpha value is -0.950. The first-order chi connectivity index (χ1) is 12.5. The van der Waals surface area contributed by atoms with Crippen LogP contribution in [-0.4, -0.2) is 48.9 Å². The van der Waals surface area contributed by atoms with Gasteiger partial charge in [0.1, 0.15) is 12.4 Å². The summed E-state index contributed by atoms with van der Waals surface area (Å²) >= 11 is 0. The molecular formula is C18H31O7P. The van der Waals surface area contributed by atoms with Crippen molar-refractivity contribution in [3.8, 4) is 5.75 Å². The van der Waals surface area contributed by atoms with Crippen molar-refractivity contribution in [2.45, 2.75) is 45.1 Å². The average molecular weight is 390 g/mol. The fraction of sp³-hybridized carbons (Fsp3) is 0.667. The number of ether oxygens (including phenoxy) is 3. The van der Waals surface area contributed by atoms with Crippen LogP contribution in [0.4, 0.5) is 0 Å². The zero-order valence-electron chi connectivity index (χ0n) is 15.4. The summed E-state index contributed by atoms with van der Waals surface area (Å²) in [5.74, 6) is 0.799. The van der Waals surface area contributed by atoms with Gasteiger partial charge in [0.25, 0.3) is 0 Å². The quantitative estimate of drug-likeness (QED) is 0.329. The molecule has 150 valence electrons. The van der Waals surface area contributed by atoms with Crippen molar-refractivity contribution in [2.75, 3.05) is 33.0 Å². The second kappa shape index (κ2) is 14.2. The topological polar surface area (TPSA) is 94.5 Å². The van der Waals surface area contributed by atoms with E-state index in [-0.39, 0.29) is 6.61 Å². The van der Waals surface area contributed by atoms with Gasteiger partial charge in [0.15, 0.2) is 0 Å². The highest BCUT2D eigenvalue weighted by atomic mass is 31.2. The fourth-order valence-electron chi connectivity index (χ4n) is 2.33. The Morgan fingerprint density at radius 3 is 2.35 bits per heavy atom. The smallest absolute Gasteiger partial charge is 0.469 e. The van der Waals surface area contributed by atoms with Gasteiger partial charge in [-0.15, -0.1) is 0 Å². The average Bonchev–Trinajstić information content (AvgIpc) is 2.60. The Morgan fingerprint density at radius 1 is 0.962 bits per heavy atom. The summed E-state index contributed by atoms with van der Waals surface area (Å²) in [6, 6.07) is 9.49. The van der Waals surface area contributed by atoms with Gasteiger partial charge in [0, 0.05) is 0 Å². The Bertz CT molecular complexity index is 492. The first-order valence-electron chi connectivity index (χ1n) is 9.08. The number of phosphoric acid groups is 1. The van der Waals surface area contributed by atoms with Crippen LogP contribution in [0.1, 0.15) is 39.0 Å². The molecule has 1 aromatic carbocycles. The van der Waals surface area contributed by atoms with Gasteiger partial charge < -0.3 is 24.0 Å². The van der Waals surface area contributed by atoms with Crippen molar-refractivity contribution in [1.29, 1.82) is 0 Å². The Kier molecular flexibility index (Phi) is 12.6. The van der Waals surface area contributed by atoms with Gasteiger partial charge in [-0.3, -0.25) is 4.52 Å². The van der Waals surface area contributed by atoms with Crippen LogP contribution >= 0.6 is 7.82 Å². The number of rotatable bonds is 16. The lowest BCUT2D eigenvalue weighted by molar-refractivity contribution is -0.00355. The first kappa shape index (κ1) is 23.1. The summed E-state index contributed by atoms with van der Waals surface area (Å²) in [5, 5.41) is 0. The molecule has 0 radical (unpaired) electrons. The predicted octanol–water partition coefficient (Wildman–Crippen LogP) is 3.55. The molecule has 0 saturated heterocycles. The molecule has 2 N–H and O–H groups in total. The molecule has 0 spiro atoms. The molecule has 8 heteroatoms. The summed E-state index contributed by atoms with van der Waals surface area (Å²) in [6.45, 7) is 3.86. The lowest BCUT2D eigenvalue weighted by Gasteiger charge is -2.18. The van der Waals surface area contributed by atoms with E-state index in [1.807, 2.05) is 30.3 Å². The molecule has 0 amide bonds. The van der Waals surface area contributed by atoms with Crippen LogP contribution in [0.5, 0.6) is 5.75 Å². The van der Waals surface area contributed by atoms with Crippen LogP contribution < -0.4 is 4.74 Å². The minimum Gasteiger partial charge on any atom is -0.491 e. The Labute approximate surface area is 155 Å². The highest BCUT2D eigenvalue weighted by molar-refractivity contribution is 7.46. The summed E-state index contributed by atoms with van der Waals surface area (Å²) < 4.78 is 32.2. The predicted molar refractivity (Wildman–Crippen MR) is 99.3 cm³/mol.